The molecular formula is C18H27NO2. The number of ether oxygens (including phenoxy) is 2. The van der Waals surface area contributed by atoms with Crippen LogP contribution >= 0.6 is 0 Å². The summed E-state index contributed by atoms with van der Waals surface area (Å²) in [4.78, 5) is 0. The normalized spacial score (nSPS) is 26.2. The highest BCUT2D eigenvalue weighted by Gasteiger charge is 2.32. The lowest BCUT2D eigenvalue weighted by atomic mass is 9.93. The standard InChI is InChI=1S/C18H27NO2/c1-3-11-19-17(16-10-9-13(2)21-16)15-8-4-6-14-7-5-12-20-18(14)15/h4,6,8,13,16-17,19H,3,5,7,9-12H2,1-2H3. The Hall–Kier alpha value is -1.06. The lowest BCUT2D eigenvalue weighted by molar-refractivity contribution is 0.0308. The minimum atomic E-state index is 0.253. The van der Waals surface area contributed by atoms with Crippen LogP contribution in [0.4, 0.5) is 0 Å². The second-order valence-electron chi connectivity index (χ2n) is 6.28. The molecule has 3 nitrogen and oxygen atoms in total. The van der Waals surface area contributed by atoms with Crippen LogP contribution in [0.25, 0.3) is 0 Å². The number of benzene rings is 1. The van der Waals surface area contributed by atoms with Crippen molar-refractivity contribution >= 4 is 0 Å². The highest BCUT2D eigenvalue weighted by molar-refractivity contribution is 5.45. The van der Waals surface area contributed by atoms with E-state index < -0.39 is 0 Å². The van der Waals surface area contributed by atoms with Gasteiger partial charge in [0.05, 0.1) is 24.9 Å². The lowest BCUT2D eigenvalue weighted by Crippen LogP contribution is -2.33. The van der Waals surface area contributed by atoms with Gasteiger partial charge in [0.15, 0.2) is 0 Å². The van der Waals surface area contributed by atoms with Crippen molar-refractivity contribution in [2.75, 3.05) is 13.2 Å². The highest BCUT2D eigenvalue weighted by Crippen LogP contribution is 2.38. The first kappa shape index (κ1) is 14.9. The summed E-state index contributed by atoms with van der Waals surface area (Å²) < 4.78 is 12.2. The van der Waals surface area contributed by atoms with E-state index in [1.807, 2.05) is 0 Å². The summed E-state index contributed by atoms with van der Waals surface area (Å²) in [6.45, 7) is 6.24. The number of para-hydroxylation sites is 1. The smallest absolute Gasteiger partial charge is 0.127 e. The minimum absolute atomic E-state index is 0.253. The second-order valence-corrected chi connectivity index (χ2v) is 6.28. The Kier molecular flexibility index (Phi) is 4.81. The van der Waals surface area contributed by atoms with E-state index in [9.17, 15) is 0 Å². The first-order valence-electron chi connectivity index (χ1n) is 8.43. The van der Waals surface area contributed by atoms with Crippen LogP contribution in [0, 0.1) is 0 Å². The summed E-state index contributed by atoms with van der Waals surface area (Å²) in [5.41, 5.74) is 2.65. The number of fused-ring (bicyclic) bond motifs is 1. The quantitative estimate of drug-likeness (QED) is 0.898. The van der Waals surface area contributed by atoms with Gasteiger partial charge in [-0.05, 0) is 51.1 Å². The molecule has 21 heavy (non-hydrogen) atoms. The van der Waals surface area contributed by atoms with Crippen LogP contribution in [-0.2, 0) is 11.2 Å². The molecule has 1 fully saturated rings. The van der Waals surface area contributed by atoms with Gasteiger partial charge in [0, 0.05) is 5.56 Å². The maximum absolute atomic E-state index is 6.15. The fourth-order valence-electron chi connectivity index (χ4n) is 3.48. The van der Waals surface area contributed by atoms with E-state index in [4.69, 9.17) is 9.47 Å². The van der Waals surface area contributed by atoms with Gasteiger partial charge >= 0.3 is 0 Å². The summed E-state index contributed by atoms with van der Waals surface area (Å²) in [6, 6.07) is 6.83. The summed E-state index contributed by atoms with van der Waals surface area (Å²) >= 11 is 0. The molecule has 3 heteroatoms. The first-order chi connectivity index (χ1) is 10.3. The van der Waals surface area contributed by atoms with E-state index in [-0.39, 0.29) is 12.1 Å². The molecule has 0 saturated carbocycles. The maximum Gasteiger partial charge on any atom is 0.127 e. The Bertz CT molecular complexity index is 474. The Morgan fingerprint density at radius 1 is 1.33 bits per heavy atom. The van der Waals surface area contributed by atoms with Crippen molar-refractivity contribution < 1.29 is 9.47 Å². The molecule has 3 rings (SSSR count). The van der Waals surface area contributed by atoms with E-state index in [1.165, 1.54) is 11.1 Å². The molecule has 3 atom stereocenters. The molecule has 1 aromatic rings. The Morgan fingerprint density at radius 2 is 2.24 bits per heavy atom. The molecule has 0 radical (unpaired) electrons. The summed E-state index contributed by atoms with van der Waals surface area (Å²) in [5.74, 6) is 1.11. The molecular weight excluding hydrogens is 262 g/mol. The van der Waals surface area contributed by atoms with Gasteiger partial charge in [0.2, 0.25) is 0 Å². The van der Waals surface area contributed by atoms with E-state index in [2.05, 4.69) is 37.4 Å². The molecule has 0 spiro atoms. The molecule has 2 aliphatic heterocycles. The molecule has 1 N–H and O–H groups in total. The molecule has 0 bridgehead atoms. The fraction of sp³-hybridized carbons (Fsp3) is 0.667. The molecule has 1 aromatic carbocycles. The molecule has 0 aromatic heterocycles. The average molecular weight is 289 g/mol. The third kappa shape index (κ3) is 3.24. The first-order valence-corrected chi connectivity index (χ1v) is 8.43. The van der Waals surface area contributed by atoms with E-state index >= 15 is 0 Å². The van der Waals surface area contributed by atoms with Gasteiger partial charge in [-0.2, -0.15) is 0 Å². The Morgan fingerprint density at radius 3 is 3.00 bits per heavy atom. The van der Waals surface area contributed by atoms with Crippen LogP contribution in [0.5, 0.6) is 5.75 Å². The average Bonchev–Trinajstić information content (AvgIpc) is 2.94. The van der Waals surface area contributed by atoms with E-state index in [0.717, 1.165) is 51.0 Å². The van der Waals surface area contributed by atoms with Gasteiger partial charge in [0.25, 0.3) is 0 Å². The van der Waals surface area contributed by atoms with Crippen LogP contribution < -0.4 is 10.1 Å². The molecule has 0 aliphatic carbocycles. The van der Waals surface area contributed by atoms with E-state index in [0.29, 0.717) is 6.10 Å². The lowest BCUT2D eigenvalue weighted by Gasteiger charge is -2.29. The fourth-order valence-corrected chi connectivity index (χ4v) is 3.48. The van der Waals surface area contributed by atoms with Crippen molar-refractivity contribution in [2.45, 2.75) is 64.2 Å². The zero-order valence-corrected chi connectivity index (χ0v) is 13.2. The monoisotopic (exact) mass is 289 g/mol. The highest BCUT2D eigenvalue weighted by atomic mass is 16.5. The topological polar surface area (TPSA) is 30.5 Å². The van der Waals surface area contributed by atoms with Crippen LogP contribution in [0.1, 0.15) is 56.7 Å². The number of nitrogens with one attached hydrogen (secondary N) is 1. The SMILES string of the molecule is CCCNC(c1cccc2c1OCCC2)C1CCC(C)O1. The van der Waals surface area contributed by atoms with Crippen LogP contribution in [-0.4, -0.2) is 25.4 Å². The summed E-state index contributed by atoms with van der Waals surface area (Å²) in [6.07, 6.45) is 6.32. The van der Waals surface area contributed by atoms with Gasteiger partial charge < -0.3 is 14.8 Å². The Balaban J connectivity index is 1.88. The van der Waals surface area contributed by atoms with Crippen molar-refractivity contribution in [3.05, 3.63) is 29.3 Å². The number of aryl methyl sites for hydroxylation is 1. The maximum atomic E-state index is 6.15. The Labute approximate surface area is 128 Å². The molecule has 3 unspecified atom stereocenters. The third-order valence-corrected chi connectivity index (χ3v) is 4.55. The van der Waals surface area contributed by atoms with Crippen molar-refractivity contribution in [3.8, 4) is 5.75 Å². The van der Waals surface area contributed by atoms with Crippen molar-refractivity contribution in [1.29, 1.82) is 0 Å². The third-order valence-electron chi connectivity index (χ3n) is 4.55. The largest absolute Gasteiger partial charge is 0.493 e. The molecule has 1 saturated heterocycles. The van der Waals surface area contributed by atoms with Gasteiger partial charge in [-0.1, -0.05) is 25.1 Å². The predicted octanol–water partition coefficient (Wildman–Crippen LogP) is 3.62. The van der Waals surface area contributed by atoms with E-state index in [1.54, 1.807) is 0 Å². The molecule has 0 amide bonds. The number of hydrogen-bond acceptors (Lipinski definition) is 3. The number of rotatable bonds is 5. The van der Waals surface area contributed by atoms with Crippen LogP contribution in [0.3, 0.4) is 0 Å². The van der Waals surface area contributed by atoms with Crippen molar-refractivity contribution in [1.82, 2.24) is 5.32 Å². The van der Waals surface area contributed by atoms with Gasteiger partial charge in [0.1, 0.15) is 5.75 Å². The summed E-state index contributed by atoms with van der Waals surface area (Å²) in [5, 5.41) is 3.69. The van der Waals surface area contributed by atoms with Gasteiger partial charge in [-0.25, -0.2) is 0 Å². The van der Waals surface area contributed by atoms with Crippen molar-refractivity contribution in [2.24, 2.45) is 0 Å². The van der Waals surface area contributed by atoms with Crippen molar-refractivity contribution in [3.63, 3.8) is 0 Å². The molecule has 2 aliphatic rings. The zero-order chi connectivity index (χ0) is 14.7. The zero-order valence-electron chi connectivity index (χ0n) is 13.2. The number of hydrogen-bond donors (Lipinski definition) is 1. The second kappa shape index (κ2) is 6.80. The van der Waals surface area contributed by atoms with Gasteiger partial charge in [-0.3, -0.25) is 0 Å². The minimum Gasteiger partial charge on any atom is -0.493 e. The predicted molar refractivity (Wildman–Crippen MR) is 84.9 cm³/mol. The van der Waals surface area contributed by atoms with Crippen LogP contribution in [0.15, 0.2) is 18.2 Å². The summed E-state index contributed by atoms with van der Waals surface area (Å²) in [7, 11) is 0. The molecule has 116 valence electrons. The van der Waals surface area contributed by atoms with Crippen LogP contribution in [0.2, 0.25) is 0 Å². The van der Waals surface area contributed by atoms with Gasteiger partial charge in [-0.15, -0.1) is 0 Å². The molecule has 2 heterocycles.